The molecule has 1 heterocycles. The lowest BCUT2D eigenvalue weighted by molar-refractivity contribution is -0.139. The Bertz CT molecular complexity index is 234. The normalized spacial score (nSPS) is 16.9. The molecular weight excluding hydrogens is 216 g/mol. The largest absolute Gasteiger partial charge is 0.461 e. The molecule has 4 heteroatoms. The Labute approximate surface area is 105 Å². The molecule has 0 unspecified atom stereocenters. The monoisotopic (exact) mass is 242 g/mol. The lowest BCUT2D eigenvalue weighted by Crippen LogP contribution is -2.45. The lowest BCUT2D eigenvalue weighted by Gasteiger charge is -2.32. The van der Waals surface area contributed by atoms with E-state index >= 15 is 0 Å². The number of piperazine rings is 1. The van der Waals surface area contributed by atoms with Crippen LogP contribution in [0, 0.1) is 0 Å². The van der Waals surface area contributed by atoms with Gasteiger partial charge >= 0.3 is 5.97 Å². The first kappa shape index (κ1) is 16.1. The summed E-state index contributed by atoms with van der Waals surface area (Å²) in [5.74, 6) is -0.288. The van der Waals surface area contributed by atoms with Gasteiger partial charge in [0, 0.05) is 38.3 Å². The third-order valence-electron chi connectivity index (χ3n) is 2.59. The van der Waals surface area contributed by atoms with Crippen molar-refractivity contribution in [2.45, 2.75) is 20.8 Å². The Morgan fingerprint density at radius 1 is 1.24 bits per heavy atom. The van der Waals surface area contributed by atoms with Crippen LogP contribution in [0.5, 0.6) is 0 Å². The molecule has 0 amide bonds. The fourth-order valence-corrected chi connectivity index (χ4v) is 1.46. The lowest BCUT2D eigenvalue weighted by atomic mass is 10.3. The molecule has 1 aliphatic heterocycles. The number of carbonyl (C=O) groups is 1. The van der Waals surface area contributed by atoms with Crippen molar-refractivity contribution in [2.24, 2.45) is 0 Å². The summed E-state index contributed by atoms with van der Waals surface area (Å²) in [6.45, 7) is 14.8. The second-order valence-corrected chi connectivity index (χ2v) is 4.06. The molecule has 0 bridgehead atoms. The van der Waals surface area contributed by atoms with Crippen molar-refractivity contribution in [3.05, 3.63) is 12.2 Å². The SMILES string of the molecule is C=C(C)C(=O)OCCN1CCN(C)CC1.CC. The zero-order chi connectivity index (χ0) is 13.3. The summed E-state index contributed by atoms with van der Waals surface area (Å²) in [5.41, 5.74) is 0.466. The summed E-state index contributed by atoms with van der Waals surface area (Å²) >= 11 is 0. The van der Waals surface area contributed by atoms with E-state index in [1.165, 1.54) is 0 Å². The number of hydrogen-bond acceptors (Lipinski definition) is 4. The zero-order valence-electron chi connectivity index (χ0n) is 11.7. The van der Waals surface area contributed by atoms with Gasteiger partial charge in [-0.3, -0.25) is 4.90 Å². The van der Waals surface area contributed by atoms with Crippen LogP contribution in [0.2, 0.25) is 0 Å². The standard InChI is InChI=1S/C11H20N2O2.C2H6/c1-10(2)11(14)15-9-8-13-6-4-12(3)5-7-13;1-2/h1,4-9H2,2-3H3;1-2H3. The first-order valence-electron chi connectivity index (χ1n) is 6.33. The highest BCUT2D eigenvalue weighted by molar-refractivity contribution is 5.86. The minimum atomic E-state index is -0.288. The van der Waals surface area contributed by atoms with Crippen LogP contribution in [0.1, 0.15) is 20.8 Å². The number of nitrogens with zero attached hydrogens (tertiary/aromatic N) is 2. The molecule has 1 rings (SSSR count). The Morgan fingerprint density at radius 3 is 2.24 bits per heavy atom. The molecule has 1 fully saturated rings. The highest BCUT2D eigenvalue weighted by atomic mass is 16.5. The highest BCUT2D eigenvalue weighted by Gasteiger charge is 2.13. The van der Waals surface area contributed by atoms with Gasteiger partial charge in [0.05, 0.1) is 0 Å². The van der Waals surface area contributed by atoms with Crippen molar-refractivity contribution in [1.29, 1.82) is 0 Å². The Morgan fingerprint density at radius 2 is 1.76 bits per heavy atom. The predicted octanol–water partition coefficient (Wildman–Crippen LogP) is 1.38. The summed E-state index contributed by atoms with van der Waals surface area (Å²) in [6, 6.07) is 0. The van der Waals surface area contributed by atoms with Gasteiger partial charge in [-0.15, -0.1) is 0 Å². The first-order valence-corrected chi connectivity index (χ1v) is 6.33. The van der Waals surface area contributed by atoms with Crippen LogP contribution in [0.15, 0.2) is 12.2 Å². The fraction of sp³-hybridized carbons (Fsp3) is 0.769. The zero-order valence-corrected chi connectivity index (χ0v) is 11.7. The second-order valence-electron chi connectivity index (χ2n) is 4.06. The summed E-state index contributed by atoms with van der Waals surface area (Å²) in [4.78, 5) is 15.7. The quantitative estimate of drug-likeness (QED) is 0.551. The van der Waals surface area contributed by atoms with E-state index in [9.17, 15) is 4.79 Å². The average Bonchev–Trinajstić information content (AvgIpc) is 2.34. The molecule has 0 atom stereocenters. The highest BCUT2D eigenvalue weighted by Crippen LogP contribution is 1.99. The molecular formula is C13H26N2O2. The van der Waals surface area contributed by atoms with Crippen LogP contribution in [0.3, 0.4) is 0 Å². The molecule has 0 aromatic carbocycles. The first-order chi connectivity index (χ1) is 8.09. The third kappa shape index (κ3) is 7.13. The van der Waals surface area contributed by atoms with Crippen molar-refractivity contribution in [1.82, 2.24) is 9.80 Å². The number of esters is 1. The van der Waals surface area contributed by atoms with Crippen molar-refractivity contribution in [2.75, 3.05) is 46.4 Å². The van der Waals surface area contributed by atoms with Gasteiger partial charge in [-0.25, -0.2) is 4.79 Å². The number of ether oxygens (including phenoxy) is 1. The minimum Gasteiger partial charge on any atom is -0.461 e. The van der Waals surface area contributed by atoms with Gasteiger partial charge in [0.25, 0.3) is 0 Å². The summed E-state index contributed by atoms with van der Waals surface area (Å²) in [5, 5.41) is 0. The van der Waals surface area contributed by atoms with E-state index in [2.05, 4.69) is 23.4 Å². The number of likely N-dealkylation sites (N-methyl/N-ethyl adjacent to an activating group) is 1. The number of hydrogen-bond donors (Lipinski definition) is 0. The van der Waals surface area contributed by atoms with E-state index in [0.29, 0.717) is 12.2 Å². The topological polar surface area (TPSA) is 32.8 Å². The molecule has 0 aromatic rings. The molecule has 0 spiro atoms. The van der Waals surface area contributed by atoms with E-state index in [4.69, 9.17) is 4.74 Å². The van der Waals surface area contributed by atoms with Crippen molar-refractivity contribution in [3.63, 3.8) is 0 Å². The van der Waals surface area contributed by atoms with Crippen LogP contribution < -0.4 is 0 Å². The van der Waals surface area contributed by atoms with Crippen LogP contribution in [0.25, 0.3) is 0 Å². The number of rotatable bonds is 4. The molecule has 0 aliphatic carbocycles. The van der Waals surface area contributed by atoms with Gasteiger partial charge in [-0.1, -0.05) is 20.4 Å². The van der Waals surface area contributed by atoms with Crippen LogP contribution in [-0.2, 0) is 9.53 Å². The van der Waals surface area contributed by atoms with Crippen LogP contribution >= 0.6 is 0 Å². The minimum absolute atomic E-state index is 0.288. The maximum absolute atomic E-state index is 11.1. The van der Waals surface area contributed by atoms with Gasteiger partial charge < -0.3 is 9.64 Å². The summed E-state index contributed by atoms with van der Waals surface area (Å²) in [6.07, 6.45) is 0. The van der Waals surface area contributed by atoms with Crippen LogP contribution in [0.4, 0.5) is 0 Å². The maximum Gasteiger partial charge on any atom is 0.333 e. The smallest absolute Gasteiger partial charge is 0.333 e. The van der Waals surface area contributed by atoms with Gasteiger partial charge in [0.1, 0.15) is 6.61 Å². The van der Waals surface area contributed by atoms with E-state index in [-0.39, 0.29) is 5.97 Å². The van der Waals surface area contributed by atoms with Crippen molar-refractivity contribution in [3.8, 4) is 0 Å². The van der Waals surface area contributed by atoms with Gasteiger partial charge in [0.2, 0.25) is 0 Å². The van der Waals surface area contributed by atoms with E-state index in [1.807, 2.05) is 13.8 Å². The molecule has 4 nitrogen and oxygen atoms in total. The molecule has 0 aromatic heterocycles. The average molecular weight is 242 g/mol. The Kier molecular flexibility index (Phi) is 8.72. The van der Waals surface area contributed by atoms with Gasteiger partial charge in [0.15, 0.2) is 0 Å². The van der Waals surface area contributed by atoms with Gasteiger partial charge in [-0.05, 0) is 14.0 Å². The maximum atomic E-state index is 11.1. The van der Waals surface area contributed by atoms with E-state index in [0.717, 1.165) is 32.7 Å². The third-order valence-corrected chi connectivity index (χ3v) is 2.59. The molecule has 100 valence electrons. The molecule has 1 saturated heterocycles. The predicted molar refractivity (Wildman–Crippen MR) is 71.1 cm³/mol. The van der Waals surface area contributed by atoms with E-state index < -0.39 is 0 Å². The molecule has 0 N–H and O–H groups in total. The van der Waals surface area contributed by atoms with Crippen molar-refractivity contribution >= 4 is 5.97 Å². The van der Waals surface area contributed by atoms with Gasteiger partial charge in [-0.2, -0.15) is 0 Å². The fourth-order valence-electron chi connectivity index (χ4n) is 1.46. The Balaban J connectivity index is 0.00000121. The number of carbonyl (C=O) groups excluding carboxylic acids is 1. The van der Waals surface area contributed by atoms with E-state index in [1.54, 1.807) is 6.92 Å². The molecule has 0 saturated carbocycles. The molecule has 0 radical (unpaired) electrons. The molecule has 1 aliphatic rings. The molecule has 17 heavy (non-hydrogen) atoms. The second kappa shape index (κ2) is 9.19. The van der Waals surface area contributed by atoms with Crippen LogP contribution in [-0.4, -0.2) is 62.1 Å². The Hall–Kier alpha value is -0.870. The summed E-state index contributed by atoms with van der Waals surface area (Å²) < 4.78 is 5.04. The summed E-state index contributed by atoms with van der Waals surface area (Å²) in [7, 11) is 2.12. The van der Waals surface area contributed by atoms with Crippen molar-refractivity contribution < 1.29 is 9.53 Å².